The highest BCUT2D eigenvalue weighted by Crippen LogP contribution is 2.30. The van der Waals surface area contributed by atoms with Crippen molar-refractivity contribution in [2.75, 3.05) is 0 Å². The van der Waals surface area contributed by atoms with Crippen LogP contribution in [0.2, 0.25) is 0 Å². The average Bonchev–Trinajstić information content (AvgIpc) is 2.77. The molecule has 0 atom stereocenters. The number of hydrogen-bond donors (Lipinski definition) is 0. The summed E-state index contributed by atoms with van der Waals surface area (Å²) in [4.78, 5) is 0. The maximum Gasteiger partial charge on any atom is 0.419 e. The van der Waals surface area contributed by atoms with Gasteiger partial charge in [0.25, 0.3) is 0 Å². The molecule has 0 spiro atoms. The van der Waals surface area contributed by atoms with Crippen LogP contribution in [0.4, 0.5) is 13.2 Å². The lowest BCUT2D eigenvalue weighted by atomic mass is 10.2. The third kappa shape index (κ3) is 2.77. The van der Waals surface area contributed by atoms with E-state index in [2.05, 4.69) is 37.0 Å². The van der Waals surface area contributed by atoms with Crippen molar-refractivity contribution in [3.8, 4) is 5.69 Å². The Labute approximate surface area is 118 Å². The standard InChI is InChI=1S/C11H7Br2F3N2/c12-4-7-1-2-9(13)3-10(7)18-6-8(5-17-18)11(14,15)16/h1-3,5-6H,4H2. The second-order valence-electron chi connectivity index (χ2n) is 3.58. The molecule has 2 aromatic rings. The van der Waals surface area contributed by atoms with Crippen LogP contribution in [0, 0.1) is 0 Å². The lowest BCUT2D eigenvalue weighted by Crippen LogP contribution is -2.03. The van der Waals surface area contributed by atoms with Gasteiger partial charge in [-0.2, -0.15) is 18.3 Å². The van der Waals surface area contributed by atoms with Crippen molar-refractivity contribution in [2.24, 2.45) is 0 Å². The van der Waals surface area contributed by atoms with E-state index in [1.165, 1.54) is 4.68 Å². The van der Waals surface area contributed by atoms with Crippen LogP contribution >= 0.6 is 31.9 Å². The number of benzene rings is 1. The molecule has 96 valence electrons. The first-order valence-electron chi connectivity index (χ1n) is 4.88. The highest BCUT2D eigenvalue weighted by Gasteiger charge is 2.32. The van der Waals surface area contributed by atoms with Gasteiger partial charge in [0.1, 0.15) is 0 Å². The van der Waals surface area contributed by atoms with Crippen molar-refractivity contribution in [1.29, 1.82) is 0 Å². The van der Waals surface area contributed by atoms with Crippen molar-refractivity contribution >= 4 is 31.9 Å². The normalized spacial score (nSPS) is 11.8. The molecule has 18 heavy (non-hydrogen) atoms. The van der Waals surface area contributed by atoms with Gasteiger partial charge < -0.3 is 0 Å². The Morgan fingerprint density at radius 2 is 2.00 bits per heavy atom. The second-order valence-corrected chi connectivity index (χ2v) is 5.05. The van der Waals surface area contributed by atoms with E-state index in [0.29, 0.717) is 11.0 Å². The second kappa shape index (κ2) is 5.05. The minimum Gasteiger partial charge on any atom is -0.240 e. The van der Waals surface area contributed by atoms with Crippen molar-refractivity contribution in [3.63, 3.8) is 0 Å². The van der Waals surface area contributed by atoms with E-state index in [-0.39, 0.29) is 0 Å². The van der Waals surface area contributed by atoms with E-state index in [4.69, 9.17) is 0 Å². The van der Waals surface area contributed by atoms with Crippen LogP contribution in [0.5, 0.6) is 0 Å². The molecule has 0 amide bonds. The van der Waals surface area contributed by atoms with Crippen molar-refractivity contribution in [2.45, 2.75) is 11.5 Å². The maximum atomic E-state index is 12.5. The zero-order chi connectivity index (χ0) is 13.3. The topological polar surface area (TPSA) is 17.8 Å². The van der Waals surface area contributed by atoms with Gasteiger partial charge in [-0.25, -0.2) is 4.68 Å². The molecule has 1 heterocycles. The van der Waals surface area contributed by atoms with Crippen LogP contribution in [0.15, 0.2) is 35.1 Å². The Morgan fingerprint density at radius 1 is 1.28 bits per heavy atom. The molecule has 0 aliphatic heterocycles. The molecule has 0 unspecified atom stereocenters. The molecule has 7 heteroatoms. The predicted octanol–water partition coefficient (Wildman–Crippen LogP) is 4.55. The molecule has 0 fully saturated rings. The number of alkyl halides is 4. The third-order valence-corrected chi connectivity index (χ3v) is 3.45. The first-order valence-corrected chi connectivity index (χ1v) is 6.80. The van der Waals surface area contributed by atoms with Gasteiger partial charge in [-0.3, -0.25) is 0 Å². The minimum atomic E-state index is -4.38. The van der Waals surface area contributed by atoms with E-state index in [1.807, 2.05) is 12.1 Å². The van der Waals surface area contributed by atoms with E-state index < -0.39 is 11.7 Å². The van der Waals surface area contributed by atoms with Gasteiger partial charge in [0.05, 0.1) is 17.4 Å². The Balaban J connectivity index is 2.49. The zero-order valence-electron chi connectivity index (χ0n) is 8.88. The van der Waals surface area contributed by atoms with E-state index in [1.54, 1.807) is 6.07 Å². The number of hydrogen-bond acceptors (Lipinski definition) is 1. The number of rotatable bonds is 2. The largest absolute Gasteiger partial charge is 0.419 e. The van der Waals surface area contributed by atoms with Crippen LogP contribution < -0.4 is 0 Å². The lowest BCUT2D eigenvalue weighted by molar-refractivity contribution is -0.137. The number of nitrogens with zero attached hydrogens (tertiary/aromatic N) is 2. The fraction of sp³-hybridized carbons (Fsp3) is 0.182. The van der Waals surface area contributed by atoms with E-state index in [0.717, 1.165) is 22.4 Å². The van der Waals surface area contributed by atoms with Gasteiger partial charge in [-0.05, 0) is 17.7 Å². The van der Waals surface area contributed by atoms with Crippen LogP contribution in [0.3, 0.4) is 0 Å². The van der Waals surface area contributed by atoms with Crippen LogP contribution in [0.1, 0.15) is 11.1 Å². The summed E-state index contributed by atoms with van der Waals surface area (Å²) in [6, 6.07) is 5.38. The smallest absolute Gasteiger partial charge is 0.240 e. The molecule has 0 saturated carbocycles. The zero-order valence-corrected chi connectivity index (χ0v) is 12.1. The van der Waals surface area contributed by atoms with E-state index in [9.17, 15) is 13.2 Å². The molecule has 0 radical (unpaired) electrons. The van der Waals surface area contributed by atoms with Gasteiger partial charge >= 0.3 is 6.18 Å². The molecule has 0 N–H and O–H groups in total. The Kier molecular flexibility index (Phi) is 3.82. The lowest BCUT2D eigenvalue weighted by Gasteiger charge is -2.08. The Bertz CT molecular complexity index is 564. The molecule has 2 nitrogen and oxygen atoms in total. The van der Waals surface area contributed by atoms with Crippen LogP contribution in [-0.2, 0) is 11.5 Å². The fourth-order valence-corrected chi connectivity index (χ4v) is 2.29. The SMILES string of the molecule is FC(F)(F)c1cnn(-c2cc(Br)ccc2CBr)c1. The summed E-state index contributed by atoms with van der Waals surface area (Å²) in [6.45, 7) is 0. The monoisotopic (exact) mass is 382 g/mol. The molecule has 2 rings (SSSR count). The van der Waals surface area contributed by atoms with Crippen molar-refractivity contribution < 1.29 is 13.2 Å². The molecule has 1 aromatic carbocycles. The predicted molar refractivity (Wildman–Crippen MR) is 68.9 cm³/mol. The van der Waals surface area contributed by atoms with Gasteiger partial charge in [-0.15, -0.1) is 0 Å². The Morgan fingerprint density at radius 3 is 2.56 bits per heavy atom. The molecular weight excluding hydrogens is 377 g/mol. The molecular formula is C11H7Br2F3N2. The quantitative estimate of drug-likeness (QED) is 0.695. The summed E-state index contributed by atoms with van der Waals surface area (Å²) in [5, 5.41) is 4.30. The summed E-state index contributed by atoms with van der Waals surface area (Å²) in [5.41, 5.74) is 0.703. The van der Waals surface area contributed by atoms with E-state index >= 15 is 0 Å². The molecule has 0 bridgehead atoms. The summed E-state index contributed by atoms with van der Waals surface area (Å²) in [7, 11) is 0. The van der Waals surface area contributed by atoms with Gasteiger partial charge in [0.2, 0.25) is 0 Å². The first kappa shape index (κ1) is 13.6. The summed E-state index contributed by atoms with van der Waals surface area (Å²) in [6.07, 6.45) is -2.58. The molecule has 0 aliphatic rings. The summed E-state index contributed by atoms with van der Waals surface area (Å²) in [5.74, 6) is 0. The maximum absolute atomic E-state index is 12.5. The highest BCUT2D eigenvalue weighted by atomic mass is 79.9. The van der Waals surface area contributed by atoms with Crippen molar-refractivity contribution in [1.82, 2.24) is 9.78 Å². The first-order chi connectivity index (χ1) is 8.41. The molecule has 1 aromatic heterocycles. The number of aromatic nitrogens is 2. The van der Waals surface area contributed by atoms with Gasteiger partial charge in [0.15, 0.2) is 0 Å². The Hall–Kier alpha value is -0.820. The summed E-state index contributed by atoms with van der Waals surface area (Å²) >= 11 is 6.59. The van der Waals surface area contributed by atoms with Crippen LogP contribution in [-0.4, -0.2) is 9.78 Å². The van der Waals surface area contributed by atoms with Crippen LogP contribution in [0.25, 0.3) is 5.69 Å². The molecule has 0 aliphatic carbocycles. The highest BCUT2D eigenvalue weighted by molar-refractivity contribution is 9.10. The van der Waals surface area contributed by atoms with Crippen molar-refractivity contribution in [3.05, 3.63) is 46.2 Å². The average molecular weight is 384 g/mol. The third-order valence-electron chi connectivity index (χ3n) is 2.35. The minimum absolute atomic E-state index is 0.539. The molecule has 0 saturated heterocycles. The van der Waals surface area contributed by atoms with Gasteiger partial charge in [-0.1, -0.05) is 37.9 Å². The van der Waals surface area contributed by atoms with Gasteiger partial charge in [0, 0.05) is 16.0 Å². The number of halogens is 5. The summed E-state index contributed by atoms with van der Waals surface area (Å²) < 4.78 is 39.5. The fourth-order valence-electron chi connectivity index (χ4n) is 1.46.